The predicted molar refractivity (Wildman–Crippen MR) is 125 cm³/mol. The van der Waals surface area contributed by atoms with Crippen LogP contribution in [0.1, 0.15) is 71.5 Å². The number of carbonyl (C=O) groups excluding carboxylic acids is 2. The quantitative estimate of drug-likeness (QED) is 0.750. The first kappa shape index (κ1) is 22.2. The van der Waals surface area contributed by atoms with E-state index in [1.165, 1.54) is 6.42 Å². The number of carbonyl (C=O) groups is 2. The second kappa shape index (κ2) is 10.6. The van der Waals surface area contributed by atoms with Gasteiger partial charge < -0.3 is 15.1 Å². The van der Waals surface area contributed by atoms with Crippen molar-refractivity contribution >= 4 is 17.8 Å². The summed E-state index contributed by atoms with van der Waals surface area (Å²) >= 11 is 0. The summed E-state index contributed by atoms with van der Waals surface area (Å²) in [5, 5.41) is 3.00. The highest BCUT2D eigenvalue weighted by Gasteiger charge is 2.29. The molecule has 1 unspecified atom stereocenters. The van der Waals surface area contributed by atoms with E-state index in [1.807, 2.05) is 42.2 Å². The van der Waals surface area contributed by atoms with Crippen molar-refractivity contribution in [3.8, 4) is 0 Å². The summed E-state index contributed by atoms with van der Waals surface area (Å²) in [6, 6.07) is 11.1. The number of anilines is 1. The van der Waals surface area contributed by atoms with E-state index in [9.17, 15) is 9.59 Å². The minimum Gasteiger partial charge on any atom is -0.352 e. The number of piperidine rings is 2. The van der Waals surface area contributed by atoms with Crippen molar-refractivity contribution in [3.05, 3.63) is 53.3 Å². The average Bonchev–Trinajstić information content (AvgIpc) is 2.84. The number of hydrogen-bond acceptors (Lipinski definition) is 5. The number of hydrogen-bond donors (Lipinski definition) is 1. The van der Waals surface area contributed by atoms with Crippen LogP contribution in [0.25, 0.3) is 0 Å². The van der Waals surface area contributed by atoms with Crippen LogP contribution in [0, 0.1) is 6.92 Å². The number of aryl methyl sites for hydroxylation is 1. The van der Waals surface area contributed by atoms with Gasteiger partial charge in [-0.25, -0.2) is 9.97 Å². The first-order valence-corrected chi connectivity index (χ1v) is 11.9. The summed E-state index contributed by atoms with van der Waals surface area (Å²) in [7, 11) is 0. The Morgan fingerprint density at radius 1 is 1.00 bits per heavy atom. The zero-order valence-electron chi connectivity index (χ0n) is 18.9. The smallest absolute Gasteiger partial charge is 0.272 e. The third kappa shape index (κ3) is 5.44. The van der Waals surface area contributed by atoms with Crippen molar-refractivity contribution in [2.24, 2.45) is 0 Å². The van der Waals surface area contributed by atoms with Crippen LogP contribution in [0.15, 0.2) is 36.4 Å². The van der Waals surface area contributed by atoms with E-state index in [-0.39, 0.29) is 17.9 Å². The lowest BCUT2D eigenvalue weighted by atomic mass is 9.98. The van der Waals surface area contributed by atoms with Gasteiger partial charge in [-0.05, 0) is 70.1 Å². The lowest BCUT2D eigenvalue weighted by Gasteiger charge is -2.36. The maximum Gasteiger partial charge on any atom is 0.272 e. The van der Waals surface area contributed by atoms with Gasteiger partial charge in [-0.2, -0.15) is 0 Å². The third-order valence-corrected chi connectivity index (χ3v) is 6.39. The van der Waals surface area contributed by atoms with E-state index in [4.69, 9.17) is 0 Å². The number of aromatic nitrogens is 2. The van der Waals surface area contributed by atoms with Crippen molar-refractivity contribution in [1.29, 1.82) is 0 Å². The number of benzene rings is 1. The Bertz CT molecular complexity index is 927. The predicted octanol–water partition coefficient (Wildman–Crippen LogP) is 3.59. The van der Waals surface area contributed by atoms with E-state index >= 15 is 0 Å². The molecule has 2 aromatic rings. The molecule has 0 radical (unpaired) electrons. The van der Waals surface area contributed by atoms with Gasteiger partial charge in [0.05, 0.1) is 0 Å². The van der Waals surface area contributed by atoms with Gasteiger partial charge in [0, 0.05) is 43.5 Å². The van der Waals surface area contributed by atoms with E-state index in [1.54, 1.807) is 6.07 Å². The van der Waals surface area contributed by atoms with Crippen LogP contribution in [0.2, 0.25) is 0 Å². The van der Waals surface area contributed by atoms with Gasteiger partial charge in [-0.1, -0.05) is 18.2 Å². The van der Waals surface area contributed by atoms with Gasteiger partial charge in [-0.3, -0.25) is 9.59 Å². The molecule has 7 nitrogen and oxygen atoms in total. The van der Waals surface area contributed by atoms with Crippen molar-refractivity contribution < 1.29 is 9.59 Å². The maximum atomic E-state index is 13.4. The van der Waals surface area contributed by atoms with E-state index in [0.717, 1.165) is 63.9 Å². The summed E-state index contributed by atoms with van der Waals surface area (Å²) in [4.78, 5) is 39.2. The van der Waals surface area contributed by atoms with Gasteiger partial charge in [-0.15, -0.1) is 0 Å². The first-order chi connectivity index (χ1) is 15.6. The molecule has 4 rings (SSSR count). The summed E-state index contributed by atoms with van der Waals surface area (Å²) in [5.74, 6) is 0.585. The largest absolute Gasteiger partial charge is 0.352 e. The standard InChI is InChI=1S/C25H33N5O2/c1-19-18-22(28-25(27-19)29-15-7-3-8-16-29)24(32)30-17-9-6-12-21(30)13-14-26-23(31)20-10-4-2-5-11-20/h2,4-5,10-11,18,21H,3,6-9,12-17H2,1H3,(H,26,31). The summed E-state index contributed by atoms with van der Waals surface area (Å²) < 4.78 is 0. The van der Waals surface area contributed by atoms with Gasteiger partial charge >= 0.3 is 0 Å². The molecule has 32 heavy (non-hydrogen) atoms. The molecule has 7 heteroatoms. The molecule has 1 aromatic carbocycles. The lowest BCUT2D eigenvalue weighted by molar-refractivity contribution is 0.0595. The number of nitrogens with zero attached hydrogens (tertiary/aromatic N) is 4. The molecular weight excluding hydrogens is 402 g/mol. The number of amides is 2. The Morgan fingerprint density at radius 3 is 2.53 bits per heavy atom. The summed E-state index contributed by atoms with van der Waals surface area (Å²) in [6.45, 7) is 5.11. The molecule has 0 saturated carbocycles. The van der Waals surface area contributed by atoms with Crippen molar-refractivity contribution in [3.63, 3.8) is 0 Å². The maximum absolute atomic E-state index is 13.4. The Kier molecular flexibility index (Phi) is 7.35. The molecule has 3 heterocycles. The molecule has 2 fully saturated rings. The zero-order chi connectivity index (χ0) is 22.3. The monoisotopic (exact) mass is 435 g/mol. The molecular formula is C25H33N5O2. The summed E-state index contributed by atoms with van der Waals surface area (Å²) in [5.41, 5.74) is 1.97. The Labute approximate surface area is 190 Å². The summed E-state index contributed by atoms with van der Waals surface area (Å²) in [6.07, 6.45) is 7.32. The van der Waals surface area contributed by atoms with Gasteiger partial charge in [0.15, 0.2) is 0 Å². The van der Waals surface area contributed by atoms with Crippen LogP contribution in [-0.2, 0) is 0 Å². The van der Waals surface area contributed by atoms with Crippen molar-refractivity contribution in [2.45, 2.75) is 57.9 Å². The van der Waals surface area contributed by atoms with Crippen LogP contribution in [-0.4, -0.2) is 58.9 Å². The fourth-order valence-electron chi connectivity index (χ4n) is 4.66. The van der Waals surface area contributed by atoms with Crippen LogP contribution >= 0.6 is 0 Å². The molecule has 1 atom stereocenters. The Morgan fingerprint density at radius 2 is 1.75 bits per heavy atom. The number of likely N-dealkylation sites (tertiary alicyclic amines) is 1. The van der Waals surface area contributed by atoms with Crippen LogP contribution in [0.4, 0.5) is 5.95 Å². The second-order valence-electron chi connectivity index (χ2n) is 8.80. The van der Waals surface area contributed by atoms with E-state index in [2.05, 4.69) is 20.2 Å². The van der Waals surface area contributed by atoms with Crippen LogP contribution in [0.5, 0.6) is 0 Å². The van der Waals surface area contributed by atoms with E-state index in [0.29, 0.717) is 23.8 Å². The van der Waals surface area contributed by atoms with Crippen molar-refractivity contribution in [1.82, 2.24) is 20.2 Å². The Balaban J connectivity index is 1.41. The molecule has 1 N–H and O–H groups in total. The second-order valence-corrected chi connectivity index (χ2v) is 8.80. The SMILES string of the molecule is Cc1cc(C(=O)N2CCCCC2CCNC(=O)c2ccccc2)nc(N2CCCCC2)n1. The number of nitrogens with one attached hydrogen (secondary N) is 1. The molecule has 2 aliphatic heterocycles. The lowest BCUT2D eigenvalue weighted by Crippen LogP contribution is -2.45. The minimum absolute atomic E-state index is 0.0205. The average molecular weight is 436 g/mol. The molecule has 0 aliphatic carbocycles. The van der Waals surface area contributed by atoms with Crippen molar-refractivity contribution in [2.75, 3.05) is 31.1 Å². The molecule has 2 aliphatic rings. The van der Waals surface area contributed by atoms with E-state index < -0.39 is 0 Å². The first-order valence-electron chi connectivity index (χ1n) is 11.9. The third-order valence-electron chi connectivity index (χ3n) is 6.39. The molecule has 1 aromatic heterocycles. The molecule has 2 saturated heterocycles. The molecule has 0 spiro atoms. The topological polar surface area (TPSA) is 78.4 Å². The highest BCUT2D eigenvalue weighted by molar-refractivity contribution is 5.94. The van der Waals surface area contributed by atoms with Gasteiger partial charge in [0.1, 0.15) is 5.69 Å². The van der Waals surface area contributed by atoms with Gasteiger partial charge in [0.25, 0.3) is 11.8 Å². The number of rotatable bonds is 6. The van der Waals surface area contributed by atoms with Gasteiger partial charge in [0.2, 0.25) is 5.95 Å². The zero-order valence-corrected chi connectivity index (χ0v) is 18.9. The minimum atomic E-state index is -0.0723. The molecule has 0 bridgehead atoms. The highest BCUT2D eigenvalue weighted by Crippen LogP contribution is 2.23. The highest BCUT2D eigenvalue weighted by atomic mass is 16.2. The van der Waals surface area contributed by atoms with Crippen LogP contribution in [0.3, 0.4) is 0 Å². The fraction of sp³-hybridized carbons (Fsp3) is 0.520. The molecule has 170 valence electrons. The Hall–Kier alpha value is -2.96. The fourth-order valence-corrected chi connectivity index (χ4v) is 4.66. The normalized spacial score (nSPS) is 19.0. The van der Waals surface area contributed by atoms with Crippen LogP contribution < -0.4 is 10.2 Å². The molecule has 2 amide bonds.